The lowest BCUT2D eigenvalue weighted by Gasteiger charge is -2.29. The van der Waals surface area contributed by atoms with Crippen LogP contribution in [0.3, 0.4) is 0 Å². The van der Waals surface area contributed by atoms with E-state index in [2.05, 4.69) is 10.0 Å². The fourth-order valence-electron chi connectivity index (χ4n) is 3.61. The standard InChI is InChI=1S/C24H29N3O6S/c1-24(2,3)19-14-18(27-11-10-21(28)25-23(27)30)12-16(22(19)29)7-6-15-8-9-17(13-20(15)33-4)26-34(5,31)32/h6-9,12-14,26,29H,10-11H2,1-5H3,(H,25,28,30)/b7-6+. The van der Waals surface area contributed by atoms with Crippen LogP contribution in [-0.4, -0.2) is 45.4 Å². The highest BCUT2D eigenvalue weighted by atomic mass is 32.2. The van der Waals surface area contributed by atoms with E-state index in [1.165, 1.54) is 12.0 Å². The molecule has 182 valence electrons. The molecule has 0 unspecified atom stereocenters. The molecule has 10 heteroatoms. The molecule has 0 saturated carbocycles. The van der Waals surface area contributed by atoms with E-state index in [-0.39, 0.29) is 24.6 Å². The predicted octanol–water partition coefficient (Wildman–Crippen LogP) is 3.69. The normalized spacial score (nSPS) is 14.9. The van der Waals surface area contributed by atoms with Crippen LogP contribution in [0.25, 0.3) is 12.2 Å². The number of methoxy groups -OCH3 is 1. The Morgan fingerprint density at radius 1 is 1.12 bits per heavy atom. The summed E-state index contributed by atoms with van der Waals surface area (Å²) in [5.41, 5.74) is 2.29. The molecule has 2 aromatic rings. The summed E-state index contributed by atoms with van der Waals surface area (Å²) < 4.78 is 30.8. The number of carbonyl (C=O) groups excluding carboxylic acids is 2. The zero-order valence-corrected chi connectivity index (χ0v) is 20.6. The second kappa shape index (κ2) is 9.38. The number of ether oxygens (including phenoxy) is 1. The van der Waals surface area contributed by atoms with Crippen molar-refractivity contribution in [3.63, 3.8) is 0 Å². The number of rotatable bonds is 6. The van der Waals surface area contributed by atoms with Crippen molar-refractivity contribution >= 4 is 45.5 Å². The van der Waals surface area contributed by atoms with Crippen LogP contribution in [0.4, 0.5) is 16.2 Å². The lowest BCUT2D eigenvalue weighted by molar-refractivity contribution is -0.120. The number of nitrogens with one attached hydrogen (secondary N) is 2. The lowest BCUT2D eigenvalue weighted by Crippen LogP contribution is -2.49. The summed E-state index contributed by atoms with van der Waals surface area (Å²) in [7, 11) is -1.96. The van der Waals surface area contributed by atoms with E-state index in [4.69, 9.17) is 4.74 Å². The van der Waals surface area contributed by atoms with Gasteiger partial charge in [0.15, 0.2) is 0 Å². The van der Waals surface area contributed by atoms with E-state index in [0.717, 1.165) is 6.26 Å². The molecule has 0 aromatic heterocycles. The van der Waals surface area contributed by atoms with Crippen molar-refractivity contribution in [3.05, 3.63) is 47.0 Å². The molecule has 0 bridgehead atoms. The quantitative estimate of drug-likeness (QED) is 0.534. The number of carbonyl (C=O) groups is 2. The van der Waals surface area contributed by atoms with Gasteiger partial charge in [0.1, 0.15) is 11.5 Å². The summed E-state index contributed by atoms with van der Waals surface area (Å²) in [6.45, 7) is 6.10. The molecule has 2 aromatic carbocycles. The maximum Gasteiger partial charge on any atom is 0.328 e. The van der Waals surface area contributed by atoms with Crippen LogP contribution in [-0.2, 0) is 20.2 Å². The molecule has 3 amide bonds. The van der Waals surface area contributed by atoms with Gasteiger partial charge in [0, 0.05) is 41.4 Å². The number of anilines is 2. The van der Waals surface area contributed by atoms with Gasteiger partial charge in [-0.2, -0.15) is 0 Å². The number of urea groups is 1. The molecule has 34 heavy (non-hydrogen) atoms. The van der Waals surface area contributed by atoms with Gasteiger partial charge in [0.05, 0.1) is 19.1 Å². The molecule has 0 radical (unpaired) electrons. The minimum Gasteiger partial charge on any atom is -0.507 e. The van der Waals surface area contributed by atoms with Crippen LogP contribution in [0.5, 0.6) is 11.5 Å². The van der Waals surface area contributed by atoms with Crippen LogP contribution in [0.1, 0.15) is 43.9 Å². The lowest BCUT2D eigenvalue weighted by atomic mass is 9.84. The van der Waals surface area contributed by atoms with Gasteiger partial charge in [-0.15, -0.1) is 0 Å². The topological polar surface area (TPSA) is 125 Å². The zero-order valence-electron chi connectivity index (χ0n) is 19.8. The van der Waals surface area contributed by atoms with Crippen molar-refractivity contribution in [1.82, 2.24) is 5.32 Å². The van der Waals surface area contributed by atoms with Gasteiger partial charge in [-0.1, -0.05) is 32.9 Å². The first-order chi connectivity index (χ1) is 15.8. The second-order valence-electron chi connectivity index (χ2n) is 9.10. The molecule has 1 fully saturated rings. The van der Waals surface area contributed by atoms with Crippen molar-refractivity contribution in [3.8, 4) is 11.5 Å². The summed E-state index contributed by atoms with van der Waals surface area (Å²) in [6.07, 6.45) is 4.68. The number of benzene rings is 2. The van der Waals surface area contributed by atoms with E-state index in [0.29, 0.717) is 33.8 Å². The first-order valence-corrected chi connectivity index (χ1v) is 12.5. The summed E-state index contributed by atoms with van der Waals surface area (Å²) in [6, 6.07) is 7.80. The molecule has 0 spiro atoms. The average Bonchev–Trinajstić information content (AvgIpc) is 2.71. The summed E-state index contributed by atoms with van der Waals surface area (Å²) in [5, 5.41) is 13.3. The van der Waals surface area contributed by atoms with Crippen LogP contribution >= 0.6 is 0 Å². The number of hydrogen-bond donors (Lipinski definition) is 3. The second-order valence-corrected chi connectivity index (χ2v) is 10.8. The van der Waals surface area contributed by atoms with Crippen molar-refractivity contribution < 1.29 is 27.9 Å². The number of nitrogens with zero attached hydrogens (tertiary/aromatic N) is 1. The van der Waals surface area contributed by atoms with Gasteiger partial charge < -0.3 is 9.84 Å². The monoisotopic (exact) mass is 487 g/mol. The Morgan fingerprint density at radius 3 is 2.38 bits per heavy atom. The fourth-order valence-corrected chi connectivity index (χ4v) is 4.17. The largest absolute Gasteiger partial charge is 0.507 e. The van der Waals surface area contributed by atoms with E-state index >= 15 is 0 Å². The number of aromatic hydroxyl groups is 1. The third-order valence-electron chi connectivity index (χ3n) is 5.28. The number of sulfonamides is 1. The van der Waals surface area contributed by atoms with Crippen LogP contribution in [0.15, 0.2) is 30.3 Å². The summed E-state index contributed by atoms with van der Waals surface area (Å²) in [4.78, 5) is 25.4. The Balaban J connectivity index is 2.04. The van der Waals surface area contributed by atoms with Crippen LogP contribution in [0.2, 0.25) is 0 Å². The number of phenolic OH excluding ortho intramolecular Hbond substituents is 1. The third kappa shape index (κ3) is 5.88. The van der Waals surface area contributed by atoms with Crippen LogP contribution in [0, 0.1) is 0 Å². The Hall–Kier alpha value is -3.53. The maximum absolute atomic E-state index is 12.4. The first-order valence-electron chi connectivity index (χ1n) is 10.6. The number of hydrogen-bond acceptors (Lipinski definition) is 6. The van der Waals surface area contributed by atoms with Crippen molar-refractivity contribution in [2.24, 2.45) is 0 Å². The molecule has 1 aliphatic heterocycles. The molecule has 1 heterocycles. The molecule has 0 aliphatic carbocycles. The van der Waals surface area contributed by atoms with Gasteiger partial charge in [0.2, 0.25) is 15.9 Å². The fraction of sp³-hybridized carbons (Fsp3) is 0.333. The highest BCUT2D eigenvalue weighted by Gasteiger charge is 2.27. The SMILES string of the molecule is COc1cc(NS(C)(=O)=O)ccc1/C=C/c1cc(N2CCC(=O)NC2=O)cc(C(C)(C)C)c1O. The predicted molar refractivity (Wildman–Crippen MR) is 133 cm³/mol. The minimum absolute atomic E-state index is 0.0790. The molecule has 3 N–H and O–H groups in total. The zero-order chi connectivity index (χ0) is 25.3. The number of phenols is 1. The van der Waals surface area contributed by atoms with E-state index in [9.17, 15) is 23.1 Å². The van der Waals surface area contributed by atoms with Crippen molar-refractivity contribution in [2.75, 3.05) is 29.5 Å². The van der Waals surface area contributed by atoms with Crippen LogP contribution < -0.4 is 19.7 Å². The first kappa shape index (κ1) is 25.1. The number of amides is 3. The molecule has 0 atom stereocenters. The summed E-state index contributed by atoms with van der Waals surface area (Å²) in [5.74, 6) is 0.193. The van der Waals surface area contributed by atoms with Crippen molar-refractivity contribution in [1.29, 1.82) is 0 Å². The number of imide groups is 1. The third-order valence-corrected chi connectivity index (χ3v) is 5.88. The Kier molecular flexibility index (Phi) is 6.92. The molecule has 1 aliphatic rings. The molecule has 9 nitrogen and oxygen atoms in total. The molecular weight excluding hydrogens is 458 g/mol. The van der Waals surface area contributed by atoms with E-state index < -0.39 is 21.5 Å². The maximum atomic E-state index is 12.4. The van der Waals surface area contributed by atoms with Crippen molar-refractivity contribution in [2.45, 2.75) is 32.6 Å². The van der Waals surface area contributed by atoms with Gasteiger partial charge in [-0.05, 0) is 29.7 Å². The summed E-state index contributed by atoms with van der Waals surface area (Å²) >= 11 is 0. The van der Waals surface area contributed by atoms with E-state index in [1.807, 2.05) is 20.8 Å². The van der Waals surface area contributed by atoms with Gasteiger partial charge >= 0.3 is 6.03 Å². The Morgan fingerprint density at radius 2 is 1.79 bits per heavy atom. The minimum atomic E-state index is -3.43. The van der Waals surface area contributed by atoms with Gasteiger partial charge in [-0.25, -0.2) is 13.2 Å². The van der Waals surface area contributed by atoms with E-state index in [1.54, 1.807) is 42.5 Å². The molecular formula is C24H29N3O6S. The van der Waals surface area contributed by atoms with Gasteiger partial charge in [0.25, 0.3) is 0 Å². The molecule has 3 rings (SSSR count). The Bertz CT molecular complexity index is 1260. The average molecular weight is 488 g/mol. The van der Waals surface area contributed by atoms with Gasteiger partial charge in [-0.3, -0.25) is 19.7 Å². The highest BCUT2D eigenvalue weighted by molar-refractivity contribution is 7.92. The smallest absolute Gasteiger partial charge is 0.328 e. The Labute approximate surface area is 199 Å². The highest BCUT2D eigenvalue weighted by Crippen LogP contribution is 2.38. The molecule has 1 saturated heterocycles.